The molecule has 1 aromatic heterocycles. The van der Waals surface area contributed by atoms with E-state index in [0.717, 1.165) is 56.4 Å². The van der Waals surface area contributed by atoms with Crippen molar-refractivity contribution in [1.82, 2.24) is 24.5 Å². The number of carbonyl (C=O) groups is 1. The van der Waals surface area contributed by atoms with Gasteiger partial charge in [-0.3, -0.25) is 20.0 Å². The average Bonchev–Trinajstić information content (AvgIpc) is 3.08. The first-order chi connectivity index (χ1) is 14.0. The molecule has 0 radical (unpaired) electrons. The van der Waals surface area contributed by atoms with Gasteiger partial charge in [0.05, 0.1) is 18.4 Å². The van der Waals surface area contributed by atoms with Gasteiger partial charge in [0.1, 0.15) is 5.84 Å². The Balaban J connectivity index is 1.29. The molecule has 1 amide bonds. The Bertz CT molecular complexity index is 821. The van der Waals surface area contributed by atoms with Crippen molar-refractivity contribution in [3.63, 3.8) is 0 Å². The molecule has 1 saturated carbocycles. The summed E-state index contributed by atoms with van der Waals surface area (Å²) in [5.41, 5.74) is 2.09. The molecule has 3 heterocycles. The van der Waals surface area contributed by atoms with E-state index in [-0.39, 0.29) is 16.9 Å². The topological polar surface area (TPSA) is 94.0 Å². The molecule has 2 fully saturated rings. The summed E-state index contributed by atoms with van der Waals surface area (Å²) >= 11 is 5.63. The van der Waals surface area contributed by atoms with Gasteiger partial charge < -0.3 is 4.90 Å². The third-order valence-electron chi connectivity index (χ3n) is 6.26. The first-order valence-electron chi connectivity index (χ1n) is 10.4. The molecular formula is C20H29ClN7O+. The van der Waals surface area contributed by atoms with Crippen LogP contribution >= 0.6 is 11.6 Å². The minimum atomic E-state index is 0.133. The third-order valence-corrected chi connectivity index (χ3v) is 6.39. The normalized spacial score (nSPS) is 21.2. The molecule has 9 heteroatoms. The van der Waals surface area contributed by atoms with Crippen molar-refractivity contribution in [2.45, 2.75) is 38.3 Å². The van der Waals surface area contributed by atoms with Crippen molar-refractivity contribution in [1.29, 1.82) is 5.41 Å². The highest BCUT2D eigenvalue weighted by Gasteiger charge is 2.30. The van der Waals surface area contributed by atoms with Gasteiger partial charge in [-0.15, -0.1) is 0 Å². The van der Waals surface area contributed by atoms with Gasteiger partial charge in [0.25, 0.3) is 5.17 Å². The predicted molar refractivity (Wildman–Crippen MR) is 112 cm³/mol. The van der Waals surface area contributed by atoms with E-state index in [4.69, 9.17) is 22.4 Å². The molecule has 1 aliphatic carbocycles. The van der Waals surface area contributed by atoms with Crippen molar-refractivity contribution in [3.05, 3.63) is 29.6 Å². The molecule has 0 bridgehead atoms. The summed E-state index contributed by atoms with van der Waals surface area (Å²) in [7, 11) is 0. The second-order valence-electron chi connectivity index (χ2n) is 8.09. The highest BCUT2D eigenvalue weighted by Crippen LogP contribution is 2.25. The van der Waals surface area contributed by atoms with Crippen LogP contribution < -0.4 is 5.41 Å². The number of nitrogens with two attached hydrogens (primary N) is 1. The number of rotatable bonds is 5. The van der Waals surface area contributed by atoms with Crippen LogP contribution in [-0.4, -0.2) is 86.7 Å². The van der Waals surface area contributed by atoms with E-state index in [1.165, 1.54) is 31.4 Å². The SMILES string of the molecule is N=C(/C=C\C(=[NH2+])Cl)n1ncc2c1CCN(CC(=O)N1CCN(C3CCC3)CC1)C2. The number of nitrogens with one attached hydrogen (secondary N) is 1. The van der Waals surface area contributed by atoms with Crippen LogP contribution in [0.15, 0.2) is 18.3 Å². The fourth-order valence-corrected chi connectivity index (χ4v) is 4.40. The lowest BCUT2D eigenvalue weighted by atomic mass is 9.91. The summed E-state index contributed by atoms with van der Waals surface area (Å²) in [5.74, 6) is 0.446. The maximum absolute atomic E-state index is 12.8. The van der Waals surface area contributed by atoms with E-state index in [0.29, 0.717) is 13.1 Å². The molecule has 156 valence electrons. The number of carbonyl (C=O) groups excluding carboxylic acids is 1. The van der Waals surface area contributed by atoms with E-state index < -0.39 is 0 Å². The van der Waals surface area contributed by atoms with Gasteiger partial charge in [0.2, 0.25) is 5.91 Å². The molecule has 3 N–H and O–H groups in total. The number of piperazine rings is 1. The van der Waals surface area contributed by atoms with Crippen LogP contribution in [0.3, 0.4) is 0 Å². The van der Waals surface area contributed by atoms with Crippen LogP contribution in [0.2, 0.25) is 0 Å². The monoisotopic (exact) mass is 418 g/mol. The van der Waals surface area contributed by atoms with E-state index >= 15 is 0 Å². The lowest BCUT2D eigenvalue weighted by Crippen LogP contribution is -2.55. The molecule has 3 aliphatic rings. The van der Waals surface area contributed by atoms with Crippen LogP contribution in [0, 0.1) is 5.41 Å². The minimum absolute atomic E-state index is 0.133. The molecule has 1 saturated heterocycles. The van der Waals surface area contributed by atoms with Gasteiger partial charge >= 0.3 is 0 Å². The molecule has 0 spiro atoms. The summed E-state index contributed by atoms with van der Waals surface area (Å²) in [5, 5.41) is 18.0. The zero-order valence-corrected chi connectivity index (χ0v) is 17.4. The highest BCUT2D eigenvalue weighted by molar-refractivity contribution is 6.66. The van der Waals surface area contributed by atoms with Crippen LogP contribution in [0.1, 0.15) is 30.5 Å². The summed E-state index contributed by atoms with van der Waals surface area (Å²) in [6.45, 7) is 5.62. The van der Waals surface area contributed by atoms with E-state index in [1.54, 1.807) is 10.9 Å². The smallest absolute Gasteiger partial charge is 0.266 e. The Morgan fingerprint density at radius 2 is 2.00 bits per heavy atom. The second-order valence-corrected chi connectivity index (χ2v) is 8.53. The quantitative estimate of drug-likeness (QED) is 0.507. The van der Waals surface area contributed by atoms with Crippen molar-refractivity contribution in [2.75, 3.05) is 39.3 Å². The molecule has 0 aromatic carbocycles. The maximum atomic E-state index is 12.8. The van der Waals surface area contributed by atoms with Gasteiger partial charge in [-0.05, 0) is 30.5 Å². The Morgan fingerprint density at radius 1 is 1.24 bits per heavy atom. The lowest BCUT2D eigenvalue weighted by molar-refractivity contribution is -0.135. The van der Waals surface area contributed by atoms with Crippen molar-refractivity contribution in [3.8, 4) is 0 Å². The standard InChI is InChI=1S/C20H28ClN7O/c21-18(22)4-5-19(23)28-17-6-7-25(13-15(17)12-24-28)14-20(29)27-10-8-26(9-11-27)16-2-1-3-16/h4-5,12,16,22-23H,1-3,6-11,13-14H2/p+1/b5-4-,22-18?,23-19?. The van der Waals surface area contributed by atoms with Gasteiger partial charge in [0.15, 0.2) is 0 Å². The molecule has 4 rings (SSSR count). The lowest BCUT2D eigenvalue weighted by Gasteiger charge is -2.43. The average molecular weight is 419 g/mol. The highest BCUT2D eigenvalue weighted by atomic mass is 35.5. The van der Waals surface area contributed by atoms with E-state index in [9.17, 15) is 4.79 Å². The van der Waals surface area contributed by atoms with Gasteiger partial charge in [0, 0.05) is 63.4 Å². The van der Waals surface area contributed by atoms with Gasteiger partial charge in [-0.1, -0.05) is 6.42 Å². The molecule has 0 atom stereocenters. The number of fused-ring (bicyclic) bond motifs is 1. The zero-order valence-electron chi connectivity index (χ0n) is 16.7. The molecule has 2 aliphatic heterocycles. The third kappa shape index (κ3) is 4.60. The Labute approximate surface area is 176 Å². The fraction of sp³-hybridized carbons (Fsp3) is 0.600. The van der Waals surface area contributed by atoms with Crippen molar-refractivity contribution < 1.29 is 10.2 Å². The van der Waals surface area contributed by atoms with Crippen LogP contribution in [0.5, 0.6) is 0 Å². The molecule has 1 aromatic rings. The molecular weight excluding hydrogens is 390 g/mol. The second kappa shape index (κ2) is 8.77. The molecule has 8 nitrogen and oxygen atoms in total. The Morgan fingerprint density at radius 3 is 2.66 bits per heavy atom. The van der Waals surface area contributed by atoms with Crippen LogP contribution in [-0.2, 0) is 17.8 Å². The van der Waals surface area contributed by atoms with Crippen LogP contribution in [0.4, 0.5) is 0 Å². The number of aromatic nitrogens is 2. The number of nitrogens with zero attached hydrogens (tertiary/aromatic N) is 5. The summed E-state index contributed by atoms with van der Waals surface area (Å²) in [6, 6.07) is 0.761. The van der Waals surface area contributed by atoms with Crippen molar-refractivity contribution in [2.24, 2.45) is 0 Å². The summed E-state index contributed by atoms with van der Waals surface area (Å²) < 4.78 is 1.62. The number of allylic oxidation sites excluding steroid dienone is 2. The number of hydrogen-bond donors (Lipinski definition) is 2. The maximum Gasteiger partial charge on any atom is 0.266 e. The Kier molecular flexibility index (Phi) is 6.12. The first-order valence-corrected chi connectivity index (χ1v) is 10.7. The van der Waals surface area contributed by atoms with E-state index in [1.807, 2.05) is 4.90 Å². The van der Waals surface area contributed by atoms with Crippen molar-refractivity contribution >= 4 is 28.5 Å². The van der Waals surface area contributed by atoms with Gasteiger partial charge in [-0.25, -0.2) is 10.1 Å². The van der Waals surface area contributed by atoms with Gasteiger partial charge in [-0.2, -0.15) is 5.10 Å². The largest absolute Gasteiger partial charge is 0.339 e. The zero-order chi connectivity index (χ0) is 20.4. The predicted octanol–water partition coefficient (Wildman–Crippen LogP) is -0.284. The number of hydrogen-bond acceptors (Lipinski definition) is 5. The van der Waals surface area contributed by atoms with E-state index in [2.05, 4.69) is 14.9 Å². The number of halogens is 1. The first kappa shape index (κ1) is 20.3. The summed E-state index contributed by atoms with van der Waals surface area (Å²) in [4.78, 5) is 19.5. The molecule has 29 heavy (non-hydrogen) atoms. The minimum Gasteiger partial charge on any atom is -0.339 e. The van der Waals surface area contributed by atoms with Crippen LogP contribution in [0.25, 0.3) is 0 Å². The fourth-order valence-electron chi connectivity index (χ4n) is 4.34. The number of amides is 1. The summed E-state index contributed by atoms with van der Waals surface area (Å²) in [6.07, 6.45) is 9.57. The Hall–Kier alpha value is -2.03. The molecule has 0 unspecified atom stereocenters.